The average molecular weight is 331 g/mol. The molecule has 1 aliphatic rings. The third-order valence-corrected chi connectivity index (χ3v) is 4.60. The average Bonchev–Trinajstić information content (AvgIpc) is 3.04. The first-order valence-corrected chi connectivity index (χ1v) is 8.16. The lowest BCUT2D eigenvalue weighted by atomic mass is 10.2. The van der Waals surface area contributed by atoms with Crippen molar-refractivity contribution < 1.29 is 9.59 Å². The van der Waals surface area contributed by atoms with E-state index in [-0.39, 0.29) is 17.5 Å². The summed E-state index contributed by atoms with van der Waals surface area (Å²) < 4.78 is 0. The van der Waals surface area contributed by atoms with E-state index < -0.39 is 0 Å². The Labute approximate surface area is 138 Å². The van der Waals surface area contributed by atoms with Gasteiger partial charge in [-0.3, -0.25) is 14.6 Å². The molecular weight excluding hydrogens is 314 g/mol. The van der Waals surface area contributed by atoms with Crippen molar-refractivity contribution in [1.82, 2.24) is 19.8 Å². The van der Waals surface area contributed by atoms with E-state index >= 15 is 0 Å². The highest BCUT2D eigenvalue weighted by atomic mass is 32.1. The number of amides is 2. The quantitative estimate of drug-likeness (QED) is 0.914. The zero-order valence-electron chi connectivity index (χ0n) is 12.7. The molecule has 3 heterocycles. The predicted molar refractivity (Wildman–Crippen MR) is 87.7 cm³/mol. The van der Waals surface area contributed by atoms with E-state index in [4.69, 9.17) is 0 Å². The first-order chi connectivity index (χ1) is 11.1. The van der Waals surface area contributed by atoms with Crippen molar-refractivity contribution in [3.05, 3.63) is 40.6 Å². The number of aromatic nitrogens is 2. The maximum absolute atomic E-state index is 12.6. The molecule has 0 saturated carbocycles. The first kappa shape index (κ1) is 15.6. The Hall–Kier alpha value is -2.32. The van der Waals surface area contributed by atoms with E-state index in [9.17, 15) is 9.59 Å². The number of hydrogen-bond donors (Lipinski definition) is 1. The molecule has 7 nitrogen and oxygen atoms in total. The van der Waals surface area contributed by atoms with Crippen LogP contribution in [0, 0.1) is 0 Å². The molecule has 2 amide bonds. The molecule has 0 atom stereocenters. The highest BCUT2D eigenvalue weighted by Crippen LogP contribution is 2.25. The zero-order chi connectivity index (χ0) is 16.2. The molecule has 2 aromatic rings. The molecule has 1 aliphatic heterocycles. The molecule has 2 aromatic heterocycles. The van der Waals surface area contributed by atoms with Gasteiger partial charge < -0.3 is 15.1 Å². The van der Waals surface area contributed by atoms with Crippen molar-refractivity contribution >= 4 is 28.8 Å². The van der Waals surface area contributed by atoms with Crippen molar-refractivity contribution in [3.63, 3.8) is 0 Å². The first-order valence-electron chi connectivity index (χ1n) is 7.28. The fraction of sp³-hybridized carbons (Fsp3) is 0.333. The molecule has 1 fully saturated rings. The van der Waals surface area contributed by atoms with Gasteiger partial charge in [-0.05, 0) is 18.5 Å². The maximum atomic E-state index is 12.6. The van der Waals surface area contributed by atoms with Gasteiger partial charge in [-0.1, -0.05) is 0 Å². The van der Waals surface area contributed by atoms with E-state index in [0.29, 0.717) is 23.7 Å². The van der Waals surface area contributed by atoms with Gasteiger partial charge in [0.1, 0.15) is 10.6 Å². The largest absolute Gasteiger partial charge is 0.335 e. The number of nitrogens with zero attached hydrogens (tertiary/aromatic N) is 4. The molecule has 0 aromatic carbocycles. The smallest absolute Gasteiger partial charge is 0.275 e. The number of rotatable bonds is 3. The molecule has 0 unspecified atom stereocenters. The fourth-order valence-electron chi connectivity index (χ4n) is 2.33. The van der Waals surface area contributed by atoms with Crippen LogP contribution in [0.15, 0.2) is 30.0 Å². The van der Waals surface area contributed by atoms with Crippen LogP contribution in [0.25, 0.3) is 0 Å². The summed E-state index contributed by atoms with van der Waals surface area (Å²) in [5, 5.41) is 4.55. The summed E-state index contributed by atoms with van der Waals surface area (Å²) in [6, 6.07) is 1.74. The molecule has 8 heteroatoms. The van der Waals surface area contributed by atoms with Crippen LogP contribution in [0.5, 0.6) is 0 Å². The lowest BCUT2D eigenvalue weighted by Gasteiger charge is -2.32. The van der Waals surface area contributed by atoms with Crippen molar-refractivity contribution in [2.75, 3.05) is 38.5 Å². The number of anilines is 1. The van der Waals surface area contributed by atoms with Crippen molar-refractivity contribution in [2.24, 2.45) is 0 Å². The van der Waals surface area contributed by atoms with Crippen LogP contribution in [0.1, 0.15) is 20.2 Å². The molecular formula is C15H17N5O2S. The van der Waals surface area contributed by atoms with Crippen molar-refractivity contribution in [3.8, 4) is 0 Å². The minimum Gasteiger partial charge on any atom is -0.335 e. The molecule has 0 spiro atoms. The van der Waals surface area contributed by atoms with Crippen molar-refractivity contribution in [2.45, 2.75) is 0 Å². The molecule has 120 valence electrons. The van der Waals surface area contributed by atoms with E-state index in [2.05, 4.69) is 20.2 Å². The number of likely N-dealkylation sites (N-methyl/N-ethyl adjacent to an activating group) is 1. The molecule has 0 bridgehead atoms. The highest BCUT2D eigenvalue weighted by molar-refractivity contribution is 7.12. The Morgan fingerprint density at radius 3 is 2.70 bits per heavy atom. The normalized spacial score (nSPS) is 15.4. The van der Waals surface area contributed by atoms with Gasteiger partial charge in [-0.25, -0.2) is 4.98 Å². The number of carbonyl (C=O) groups is 2. The fourth-order valence-corrected chi connectivity index (χ4v) is 3.15. The van der Waals surface area contributed by atoms with E-state index in [1.165, 1.54) is 29.9 Å². The second kappa shape index (κ2) is 6.84. The van der Waals surface area contributed by atoms with Crippen LogP contribution in [-0.2, 0) is 0 Å². The molecule has 3 rings (SSSR count). The summed E-state index contributed by atoms with van der Waals surface area (Å²) in [6.07, 6.45) is 4.35. The van der Waals surface area contributed by atoms with Gasteiger partial charge >= 0.3 is 0 Å². The van der Waals surface area contributed by atoms with Gasteiger partial charge in [-0.15, -0.1) is 11.3 Å². The molecule has 1 saturated heterocycles. The summed E-state index contributed by atoms with van der Waals surface area (Å²) in [4.78, 5) is 37.2. The monoisotopic (exact) mass is 331 g/mol. The number of carbonyl (C=O) groups excluding carboxylic acids is 2. The van der Waals surface area contributed by atoms with Crippen LogP contribution in [0.4, 0.5) is 5.69 Å². The summed E-state index contributed by atoms with van der Waals surface area (Å²) in [5.74, 6) is -0.411. The second-order valence-corrected chi connectivity index (χ2v) is 6.22. The molecule has 0 aliphatic carbocycles. The summed E-state index contributed by atoms with van der Waals surface area (Å²) >= 11 is 1.33. The van der Waals surface area contributed by atoms with Gasteiger partial charge in [0.15, 0.2) is 0 Å². The molecule has 23 heavy (non-hydrogen) atoms. The number of hydrogen-bond acceptors (Lipinski definition) is 6. The Kier molecular flexibility index (Phi) is 4.63. The lowest BCUT2D eigenvalue weighted by molar-refractivity contribution is 0.0670. The van der Waals surface area contributed by atoms with Crippen LogP contribution in [0.2, 0.25) is 0 Å². The van der Waals surface area contributed by atoms with Gasteiger partial charge in [0.25, 0.3) is 11.8 Å². The van der Waals surface area contributed by atoms with Crippen LogP contribution in [0.3, 0.4) is 0 Å². The van der Waals surface area contributed by atoms with Gasteiger partial charge in [-0.2, -0.15) is 0 Å². The minimum atomic E-state index is -0.371. The van der Waals surface area contributed by atoms with Crippen molar-refractivity contribution in [1.29, 1.82) is 0 Å². The standard InChI is InChI=1S/C15H17N5O2S/c1-19-5-7-20(8-6-19)15(22)13-11(2-9-23-13)18-14(21)12-10-16-3-4-17-12/h2-4,9-10H,5-8H2,1H3,(H,18,21). The Morgan fingerprint density at radius 1 is 1.22 bits per heavy atom. The summed E-state index contributed by atoms with van der Waals surface area (Å²) in [6.45, 7) is 3.12. The topological polar surface area (TPSA) is 78.4 Å². The summed E-state index contributed by atoms with van der Waals surface area (Å²) in [5.41, 5.74) is 0.742. The van der Waals surface area contributed by atoms with Gasteiger partial charge in [0, 0.05) is 38.6 Å². The third-order valence-electron chi connectivity index (χ3n) is 3.69. The summed E-state index contributed by atoms with van der Waals surface area (Å²) in [7, 11) is 2.04. The molecule has 0 radical (unpaired) electrons. The number of thiophene rings is 1. The van der Waals surface area contributed by atoms with Gasteiger partial charge in [0.05, 0.1) is 11.9 Å². The Bertz CT molecular complexity index is 695. The van der Waals surface area contributed by atoms with E-state index in [1.807, 2.05) is 11.9 Å². The third kappa shape index (κ3) is 3.54. The lowest BCUT2D eigenvalue weighted by Crippen LogP contribution is -2.47. The van der Waals surface area contributed by atoms with E-state index in [0.717, 1.165) is 13.1 Å². The maximum Gasteiger partial charge on any atom is 0.275 e. The van der Waals surface area contributed by atoms with Crippen LogP contribution in [-0.4, -0.2) is 64.8 Å². The molecule has 1 N–H and O–H groups in total. The SMILES string of the molecule is CN1CCN(C(=O)c2sccc2NC(=O)c2cnccn2)CC1. The highest BCUT2D eigenvalue weighted by Gasteiger charge is 2.24. The predicted octanol–water partition coefficient (Wildman–Crippen LogP) is 1.18. The number of nitrogens with one attached hydrogen (secondary N) is 1. The number of piperazine rings is 1. The van der Waals surface area contributed by atoms with Crippen LogP contribution >= 0.6 is 11.3 Å². The minimum absolute atomic E-state index is 0.0393. The van der Waals surface area contributed by atoms with E-state index in [1.54, 1.807) is 11.4 Å². The second-order valence-electron chi connectivity index (χ2n) is 5.30. The Balaban J connectivity index is 1.72. The zero-order valence-corrected chi connectivity index (χ0v) is 13.5. The van der Waals surface area contributed by atoms with Crippen LogP contribution < -0.4 is 5.32 Å². The Morgan fingerprint density at radius 2 is 2.00 bits per heavy atom. The van der Waals surface area contributed by atoms with Gasteiger partial charge in [0.2, 0.25) is 0 Å².